The van der Waals surface area contributed by atoms with E-state index in [1.165, 1.54) is 17.3 Å². The third-order valence-electron chi connectivity index (χ3n) is 4.95. The van der Waals surface area contributed by atoms with Gasteiger partial charge in [0.05, 0.1) is 18.4 Å². The normalized spacial score (nSPS) is 14.5. The van der Waals surface area contributed by atoms with Crippen LogP contribution < -0.4 is 5.32 Å². The van der Waals surface area contributed by atoms with E-state index in [2.05, 4.69) is 32.2 Å². The van der Waals surface area contributed by atoms with Crippen LogP contribution in [0.2, 0.25) is 5.02 Å². The molecule has 8 heteroatoms. The second-order valence-electron chi connectivity index (χ2n) is 7.35. The van der Waals surface area contributed by atoms with Gasteiger partial charge in [-0.1, -0.05) is 65.8 Å². The quantitative estimate of drug-likeness (QED) is 0.493. The van der Waals surface area contributed by atoms with Crippen LogP contribution in [0.1, 0.15) is 41.8 Å². The molecule has 3 aromatic rings. The molecule has 0 radical (unpaired) electrons. The van der Waals surface area contributed by atoms with Gasteiger partial charge in [0.1, 0.15) is 5.82 Å². The van der Waals surface area contributed by atoms with Crippen molar-refractivity contribution in [3.63, 3.8) is 0 Å². The fraction of sp³-hybridized carbons (Fsp3) is 0.318. The Morgan fingerprint density at radius 1 is 1.17 bits per heavy atom. The number of hydrogen-bond acceptors (Lipinski definition) is 5. The van der Waals surface area contributed by atoms with Crippen LogP contribution in [0.4, 0.5) is 0 Å². The molecule has 0 spiro atoms. The van der Waals surface area contributed by atoms with Crippen molar-refractivity contribution in [1.29, 1.82) is 0 Å². The Kier molecular flexibility index (Phi) is 6.72. The number of nitrogens with zero attached hydrogens (tertiary/aromatic N) is 3. The fourth-order valence-corrected chi connectivity index (χ4v) is 4.06. The Morgan fingerprint density at radius 2 is 1.90 bits per heavy atom. The minimum Gasteiger partial charge on any atom is -0.387 e. The number of aromatic nitrogens is 3. The van der Waals surface area contributed by atoms with E-state index in [9.17, 15) is 9.90 Å². The topological polar surface area (TPSA) is 80.0 Å². The number of benzene rings is 2. The molecule has 156 valence electrons. The monoisotopic (exact) mass is 442 g/mol. The number of carbonyl (C=O) groups excluding carboxylic acids is 1. The fourth-order valence-electron chi connectivity index (χ4n) is 3.16. The van der Waals surface area contributed by atoms with Crippen LogP contribution in [0.15, 0.2) is 59.8 Å². The first-order valence-electron chi connectivity index (χ1n) is 9.90. The molecule has 1 aliphatic rings. The lowest BCUT2D eigenvalue weighted by Gasteiger charge is -2.13. The molecule has 1 saturated carbocycles. The zero-order valence-corrected chi connectivity index (χ0v) is 17.9. The van der Waals surface area contributed by atoms with Gasteiger partial charge >= 0.3 is 0 Å². The number of halogens is 1. The highest BCUT2D eigenvalue weighted by Gasteiger charge is 2.30. The van der Waals surface area contributed by atoms with Gasteiger partial charge < -0.3 is 15.0 Å². The van der Waals surface area contributed by atoms with Gasteiger partial charge in [0, 0.05) is 17.5 Å². The molecular weight excluding hydrogens is 420 g/mol. The highest BCUT2D eigenvalue weighted by Crippen LogP contribution is 2.40. The van der Waals surface area contributed by atoms with Crippen molar-refractivity contribution in [2.24, 2.45) is 0 Å². The van der Waals surface area contributed by atoms with E-state index in [-0.39, 0.29) is 18.2 Å². The number of carbonyl (C=O) groups is 1. The SMILES string of the molecule is O=C(CSc1nnc(C2CC2)n1Cc1ccccc1)NCC(O)c1ccc(Cl)cc1. The number of amides is 1. The van der Waals surface area contributed by atoms with Crippen LogP contribution in [0, 0.1) is 0 Å². The summed E-state index contributed by atoms with van der Waals surface area (Å²) < 4.78 is 2.12. The number of aliphatic hydroxyl groups is 1. The van der Waals surface area contributed by atoms with Crippen LogP contribution >= 0.6 is 23.4 Å². The maximum Gasteiger partial charge on any atom is 0.230 e. The van der Waals surface area contributed by atoms with E-state index in [1.54, 1.807) is 24.3 Å². The van der Waals surface area contributed by atoms with Crippen molar-refractivity contribution in [1.82, 2.24) is 20.1 Å². The van der Waals surface area contributed by atoms with E-state index in [4.69, 9.17) is 11.6 Å². The van der Waals surface area contributed by atoms with Crippen molar-refractivity contribution < 1.29 is 9.90 Å². The predicted molar refractivity (Wildman–Crippen MR) is 118 cm³/mol. The van der Waals surface area contributed by atoms with Crippen LogP contribution in [-0.4, -0.2) is 38.1 Å². The first-order chi connectivity index (χ1) is 14.6. The van der Waals surface area contributed by atoms with Crippen molar-refractivity contribution in [2.45, 2.75) is 36.6 Å². The maximum atomic E-state index is 12.3. The van der Waals surface area contributed by atoms with Crippen LogP contribution in [0.25, 0.3) is 0 Å². The zero-order valence-electron chi connectivity index (χ0n) is 16.4. The summed E-state index contributed by atoms with van der Waals surface area (Å²) in [6, 6.07) is 17.1. The molecule has 1 heterocycles. The molecule has 0 aliphatic heterocycles. The Morgan fingerprint density at radius 3 is 2.60 bits per heavy atom. The van der Waals surface area contributed by atoms with E-state index in [1.807, 2.05) is 18.2 Å². The lowest BCUT2D eigenvalue weighted by Crippen LogP contribution is -2.29. The second kappa shape index (κ2) is 9.64. The molecule has 30 heavy (non-hydrogen) atoms. The molecule has 2 N–H and O–H groups in total. The summed E-state index contributed by atoms with van der Waals surface area (Å²) in [6.07, 6.45) is 1.50. The molecule has 1 aromatic heterocycles. The van der Waals surface area contributed by atoms with Crippen LogP contribution in [0.5, 0.6) is 0 Å². The average molecular weight is 443 g/mol. The highest BCUT2D eigenvalue weighted by atomic mass is 35.5. The molecule has 1 unspecified atom stereocenters. The highest BCUT2D eigenvalue weighted by molar-refractivity contribution is 7.99. The number of thioether (sulfide) groups is 1. The molecule has 6 nitrogen and oxygen atoms in total. The molecular formula is C22H23ClN4O2S. The molecule has 1 aliphatic carbocycles. The molecule has 4 rings (SSSR count). The zero-order chi connectivity index (χ0) is 20.9. The molecule has 1 amide bonds. The molecule has 2 aromatic carbocycles. The summed E-state index contributed by atoms with van der Waals surface area (Å²) in [6.45, 7) is 0.837. The Hall–Kier alpha value is -2.35. The van der Waals surface area contributed by atoms with Crippen LogP contribution in [-0.2, 0) is 11.3 Å². The number of hydrogen-bond donors (Lipinski definition) is 2. The summed E-state index contributed by atoms with van der Waals surface area (Å²) >= 11 is 7.23. The average Bonchev–Trinajstić information content (AvgIpc) is 3.53. The van der Waals surface area contributed by atoms with Crippen molar-refractivity contribution >= 4 is 29.3 Å². The third-order valence-corrected chi connectivity index (χ3v) is 6.17. The van der Waals surface area contributed by atoms with E-state index < -0.39 is 6.10 Å². The molecule has 1 atom stereocenters. The maximum absolute atomic E-state index is 12.3. The summed E-state index contributed by atoms with van der Waals surface area (Å²) in [5.74, 6) is 1.53. The van der Waals surface area contributed by atoms with Gasteiger partial charge in [0.2, 0.25) is 5.91 Å². The van der Waals surface area contributed by atoms with Gasteiger partial charge in [0.25, 0.3) is 0 Å². The third kappa shape index (κ3) is 5.41. The standard InChI is InChI=1S/C22H23ClN4O2S/c23-18-10-8-16(9-11-18)19(28)12-24-20(29)14-30-22-26-25-21(17-6-7-17)27(22)13-15-4-2-1-3-5-15/h1-5,8-11,17,19,28H,6-7,12-14H2,(H,24,29). The molecule has 1 fully saturated rings. The minimum atomic E-state index is -0.778. The van der Waals surface area contributed by atoms with Crippen molar-refractivity contribution in [3.05, 3.63) is 76.6 Å². The smallest absolute Gasteiger partial charge is 0.230 e. The van der Waals surface area contributed by atoms with E-state index in [0.717, 1.165) is 23.8 Å². The number of rotatable bonds is 9. The number of aliphatic hydroxyl groups excluding tert-OH is 1. The Balaban J connectivity index is 1.34. The summed E-state index contributed by atoms with van der Waals surface area (Å²) in [4.78, 5) is 12.3. The Bertz CT molecular complexity index is 990. The first-order valence-corrected chi connectivity index (χ1v) is 11.3. The second-order valence-corrected chi connectivity index (χ2v) is 8.73. The van der Waals surface area contributed by atoms with Gasteiger partial charge in [-0.25, -0.2) is 0 Å². The summed E-state index contributed by atoms with van der Waals surface area (Å²) in [5.41, 5.74) is 1.89. The lowest BCUT2D eigenvalue weighted by atomic mass is 10.1. The Labute approximate surface area is 184 Å². The summed E-state index contributed by atoms with van der Waals surface area (Å²) in [7, 11) is 0. The van der Waals surface area contributed by atoms with Gasteiger partial charge in [-0.2, -0.15) is 0 Å². The molecule has 0 bridgehead atoms. The lowest BCUT2D eigenvalue weighted by molar-refractivity contribution is -0.119. The van der Waals surface area contributed by atoms with Crippen LogP contribution in [0.3, 0.4) is 0 Å². The minimum absolute atomic E-state index is 0.144. The largest absolute Gasteiger partial charge is 0.387 e. The van der Waals surface area contributed by atoms with Crippen molar-refractivity contribution in [3.8, 4) is 0 Å². The van der Waals surface area contributed by atoms with Gasteiger partial charge in [-0.05, 0) is 36.1 Å². The van der Waals surface area contributed by atoms with Gasteiger partial charge in [0.15, 0.2) is 5.16 Å². The van der Waals surface area contributed by atoms with E-state index in [0.29, 0.717) is 23.0 Å². The summed E-state index contributed by atoms with van der Waals surface area (Å²) in [5, 5.41) is 23.1. The van der Waals surface area contributed by atoms with E-state index >= 15 is 0 Å². The van der Waals surface area contributed by atoms with Crippen molar-refractivity contribution in [2.75, 3.05) is 12.3 Å². The van der Waals surface area contributed by atoms with Gasteiger partial charge in [-0.3, -0.25) is 4.79 Å². The first kappa shape index (κ1) is 20.9. The number of nitrogens with one attached hydrogen (secondary N) is 1. The predicted octanol–water partition coefficient (Wildman–Crippen LogP) is 3.80. The molecule has 0 saturated heterocycles. The van der Waals surface area contributed by atoms with Gasteiger partial charge in [-0.15, -0.1) is 10.2 Å².